The normalized spacial score (nSPS) is 22.7. The zero-order valence-corrected chi connectivity index (χ0v) is 29.0. The van der Waals surface area contributed by atoms with E-state index in [9.17, 15) is 29.1 Å². The molecule has 17 heteroatoms. The van der Waals surface area contributed by atoms with E-state index in [0.29, 0.717) is 5.56 Å². The summed E-state index contributed by atoms with van der Waals surface area (Å²) in [6.07, 6.45) is 0.462. The molecule has 3 aromatic carbocycles. The molecular formula is C36H45N11O6. The van der Waals surface area contributed by atoms with Crippen LogP contribution in [-0.4, -0.2) is 101 Å². The highest BCUT2D eigenvalue weighted by molar-refractivity contribution is 5.98. The minimum atomic E-state index is -1.19. The molecule has 0 bridgehead atoms. The molecule has 13 N–H and O–H groups in total. The molecule has 5 atom stereocenters. The summed E-state index contributed by atoms with van der Waals surface area (Å²) in [7, 11) is 0. The van der Waals surface area contributed by atoms with E-state index in [4.69, 9.17) is 22.9 Å². The van der Waals surface area contributed by atoms with Gasteiger partial charge in [0.2, 0.25) is 29.5 Å². The summed E-state index contributed by atoms with van der Waals surface area (Å²) in [5, 5.41) is 22.6. The van der Waals surface area contributed by atoms with E-state index in [-0.39, 0.29) is 62.9 Å². The van der Waals surface area contributed by atoms with Gasteiger partial charge in [-0.1, -0.05) is 54.6 Å². The molecule has 0 spiro atoms. The van der Waals surface area contributed by atoms with E-state index in [0.717, 1.165) is 16.3 Å². The molecule has 0 radical (unpaired) electrons. The van der Waals surface area contributed by atoms with Crippen molar-refractivity contribution in [2.45, 2.75) is 62.3 Å². The summed E-state index contributed by atoms with van der Waals surface area (Å²) in [6, 6.07) is 14.2. The van der Waals surface area contributed by atoms with Gasteiger partial charge in [-0.2, -0.15) is 0 Å². The molecule has 5 amide bonds. The molecule has 280 valence electrons. The lowest BCUT2D eigenvalue weighted by Crippen LogP contribution is -2.57. The van der Waals surface area contributed by atoms with Gasteiger partial charge in [0.25, 0.3) is 0 Å². The second kappa shape index (κ2) is 17.2. The minimum Gasteiger partial charge on any atom is -0.508 e. The highest BCUT2D eigenvalue weighted by Crippen LogP contribution is 2.24. The summed E-state index contributed by atoms with van der Waals surface area (Å²) in [5.74, 6) is -3.61. The SMILES string of the molecule is NC(N)=NCCCC1NC(=O)C2CC(N=C(N)N)CN2C(=O)C(Cc2ccc(O)cc2)NC(=O)CNC(=O)C(Cc2ccc3ccccc3c2)NC1=O. The number of aromatic hydroxyl groups is 1. The molecule has 2 fully saturated rings. The molecule has 5 rings (SSSR count). The summed E-state index contributed by atoms with van der Waals surface area (Å²) < 4.78 is 0. The Hall–Kier alpha value is -6.39. The quantitative estimate of drug-likeness (QED) is 0.0678. The van der Waals surface area contributed by atoms with Gasteiger partial charge in [0.15, 0.2) is 11.9 Å². The molecule has 2 heterocycles. The van der Waals surface area contributed by atoms with Crippen LogP contribution in [0.15, 0.2) is 76.7 Å². The zero-order valence-electron chi connectivity index (χ0n) is 29.0. The molecule has 0 saturated carbocycles. The number of aliphatic imine (C=N–C) groups is 2. The number of fused-ring (bicyclic) bond motifs is 2. The average Bonchev–Trinajstić information content (AvgIpc) is 3.54. The first-order valence-corrected chi connectivity index (χ1v) is 17.2. The van der Waals surface area contributed by atoms with Gasteiger partial charge in [-0.3, -0.25) is 29.0 Å². The molecule has 2 aliphatic heterocycles. The first-order valence-electron chi connectivity index (χ1n) is 17.2. The maximum absolute atomic E-state index is 14.3. The van der Waals surface area contributed by atoms with Gasteiger partial charge >= 0.3 is 0 Å². The van der Waals surface area contributed by atoms with Crippen molar-refractivity contribution in [1.29, 1.82) is 0 Å². The molecule has 2 saturated heterocycles. The molecule has 0 aliphatic carbocycles. The van der Waals surface area contributed by atoms with Crippen LogP contribution < -0.4 is 44.2 Å². The maximum atomic E-state index is 14.3. The average molecular weight is 728 g/mol. The first kappa shape index (κ1) is 37.9. The van der Waals surface area contributed by atoms with Crippen molar-refractivity contribution in [2.75, 3.05) is 19.6 Å². The number of phenols is 1. The summed E-state index contributed by atoms with van der Waals surface area (Å²) in [6.45, 7) is -0.402. The van der Waals surface area contributed by atoms with E-state index < -0.39 is 66.3 Å². The number of nitrogens with two attached hydrogens (primary N) is 4. The van der Waals surface area contributed by atoms with E-state index >= 15 is 0 Å². The van der Waals surface area contributed by atoms with Gasteiger partial charge in [0, 0.05) is 32.4 Å². The van der Waals surface area contributed by atoms with E-state index in [1.165, 1.54) is 17.0 Å². The van der Waals surface area contributed by atoms with Crippen molar-refractivity contribution in [3.63, 3.8) is 0 Å². The topological polar surface area (TPSA) is 286 Å². The van der Waals surface area contributed by atoms with Crippen LogP contribution in [0.25, 0.3) is 10.8 Å². The third-order valence-electron chi connectivity index (χ3n) is 9.09. The van der Waals surface area contributed by atoms with Crippen molar-refractivity contribution >= 4 is 52.2 Å². The maximum Gasteiger partial charge on any atom is 0.246 e. The van der Waals surface area contributed by atoms with Crippen LogP contribution in [0.2, 0.25) is 0 Å². The lowest BCUT2D eigenvalue weighted by molar-refractivity contribution is -0.142. The van der Waals surface area contributed by atoms with Crippen molar-refractivity contribution in [3.8, 4) is 5.75 Å². The smallest absolute Gasteiger partial charge is 0.246 e. The molecule has 0 aromatic heterocycles. The van der Waals surface area contributed by atoms with Crippen LogP contribution >= 0.6 is 0 Å². The number of hydrogen-bond donors (Lipinski definition) is 9. The second-order valence-electron chi connectivity index (χ2n) is 13.1. The number of phenolic OH excluding ortho intramolecular Hbond substituents is 1. The number of benzene rings is 3. The Bertz CT molecular complexity index is 1890. The lowest BCUT2D eigenvalue weighted by atomic mass is 10.0. The van der Waals surface area contributed by atoms with Gasteiger partial charge in [0.05, 0.1) is 12.6 Å². The Labute approximate surface area is 305 Å². The number of carbonyl (C=O) groups excluding carboxylic acids is 5. The predicted octanol–water partition coefficient (Wildman–Crippen LogP) is -1.79. The predicted molar refractivity (Wildman–Crippen MR) is 198 cm³/mol. The summed E-state index contributed by atoms with van der Waals surface area (Å²) >= 11 is 0. The molecule has 17 nitrogen and oxygen atoms in total. The fraction of sp³-hybridized carbons (Fsp3) is 0.361. The van der Waals surface area contributed by atoms with Gasteiger partial charge in [-0.05, 0) is 46.9 Å². The minimum absolute atomic E-state index is 0.00531. The van der Waals surface area contributed by atoms with Crippen molar-refractivity contribution in [3.05, 3.63) is 77.9 Å². The molecule has 3 aromatic rings. The Morgan fingerprint density at radius 2 is 1.43 bits per heavy atom. The summed E-state index contributed by atoms with van der Waals surface area (Å²) in [4.78, 5) is 78.8. The standard InChI is InChI=1S/C36H45N11O6/c37-35(38)41-13-3-6-26-32(51)46-27(16-21-7-10-22-4-1-2-5-23(22)14-21)31(50)42-18-30(49)44-28(15-20-8-11-25(48)12-9-20)34(53)47-19-24(43-36(39)40)17-29(47)33(52)45-26/h1-2,4-5,7-12,14,24,26-29,48H,3,6,13,15-19H2,(H,42,50)(H,44,49)(H,45,52)(H,46,51)(H4,37,38,41)(H4,39,40,43). The van der Waals surface area contributed by atoms with E-state index in [1.54, 1.807) is 12.1 Å². The van der Waals surface area contributed by atoms with E-state index in [2.05, 4.69) is 31.3 Å². The van der Waals surface area contributed by atoms with Gasteiger partial charge < -0.3 is 54.2 Å². The zero-order chi connectivity index (χ0) is 38.1. The molecule has 5 unspecified atom stereocenters. The highest BCUT2D eigenvalue weighted by atomic mass is 16.3. The highest BCUT2D eigenvalue weighted by Gasteiger charge is 2.43. The molecular weight excluding hydrogens is 682 g/mol. The number of hydrogen-bond acceptors (Lipinski definition) is 8. The number of nitrogens with one attached hydrogen (secondary N) is 4. The largest absolute Gasteiger partial charge is 0.508 e. The fourth-order valence-electron chi connectivity index (χ4n) is 6.54. The Morgan fingerprint density at radius 3 is 2.15 bits per heavy atom. The third-order valence-corrected chi connectivity index (χ3v) is 9.09. The number of nitrogens with zero attached hydrogens (tertiary/aromatic N) is 3. The lowest BCUT2D eigenvalue weighted by Gasteiger charge is -2.29. The Kier molecular flexibility index (Phi) is 12.3. The second-order valence-corrected chi connectivity index (χ2v) is 13.1. The van der Waals surface area contributed by atoms with Crippen LogP contribution in [0, 0.1) is 0 Å². The number of guanidine groups is 2. The van der Waals surface area contributed by atoms with Crippen LogP contribution in [0.3, 0.4) is 0 Å². The Balaban J connectivity index is 1.50. The van der Waals surface area contributed by atoms with Crippen molar-refractivity contribution in [1.82, 2.24) is 26.2 Å². The molecule has 53 heavy (non-hydrogen) atoms. The van der Waals surface area contributed by atoms with Crippen LogP contribution in [0.1, 0.15) is 30.4 Å². The number of rotatable bonds is 9. The van der Waals surface area contributed by atoms with Crippen molar-refractivity contribution in [2.24, 2.45) is 32.9 Å². The van der Waals surface area contributed by atoms with Crippen LogP contribution in [0.5, 0.6) is 5.75 Å². The van der Waals surface area contributed by atoms with Gasteiger partial charge in [0.1, 0.15) is 29.9 Å². The summed E-state index contributed by atoms with van der Waals surface area (Å²) in [5.41, 5.74) is 23.6. The first-order chi connectivity index (χ1) is 25.4. The number of carbonyl (C=O) groups is 5. The monoisotopic (exact) mass is 727 g/mol. The Morgan fingerprint density at radius 1 is 0.755 bits per heavy atom. The van der Waals surface area contributed by atoms with Gasteiger partial charge in [-0.15, -0.1) is 0 Å². The van der Waals surface area contributed by atoms with E-state index in [1.807, 2.05) is 42.5 Å². The third kappa shape index (κ3) is 10.3. The van der Waals surface area contributed by atoms with Crippen LogP contribution in [-0.2, 0) is 36.8 Å². The van der Waals surface area contributed by atoms with Crippen LogP contribution in [0.4, 0.5) is 0 Å². The van der Waals surface area contributed by atoms with Gasteiger partial charge in [-0.25, -0.2) is 4.99 Å². The fourth-order valence-corrected chi connectivity index (χ4v) is 6.54. The number of amides is 5. The molecule has 2 aliphatic rings. The van der Waals surface area contributed by atoms with Crippen molar-refractivity contribution < 1.29 is 29.1 Å².